The van der Waals surface area contributed by atoms with E-state index in [0.717, 1.165) is 23.4 Å². The number of benzene rings is 2. The number of ether oxygens (including phenoxy) is 1. The van der Waals surface area contributed by atoms with Gasteiger partial charge in [-0.3, -0.25) is 0 Å². The predicted molar refractivity (Wildman–Crippen MR) is 94.2 cm³/mol. The maximum absolute atomic E-state index is 5.75. The van der Waals surface area contributed by atoms with Crippen LogP contribution in [-0.2, 0) is 13.0 Å². The molecule has 0 spiro atoms. The van der Waals surface area contributed by atoms with Gasteiger partial charge in [0.15, 0.2) is 0 Å². The summed E-state index contributed by atoms with van der Waals surface area (Å²) in [5.41, 5.74) is 4.51. The van der Waals surface area contributed by atoms with Gasteiger partial charge in [0.1, 0.15) is 5.75 Å². The Morgan fingerprint density at radius 3 is 2.58 bits per heavy atom. The van der Waals surface area contributed by atoms with E-state index in [1.165, 1.54) is 11.1 Å². The van der Waals surface area contributed by atoms with E-state index in [1.54, 1.807) is 7.11 Å². The monoisotopic (exact) mass is 323 g/mol. The van der Waals surface area contributed by atoms with Crippen LogP contribution in [0.2, 0.25) is 0 Å². The molecule has 1 N–H and O–H groups in total. The van der Waals surface area contributed by atoms with Gasteiger partial charge in [-0.15, -0.1) is 10.2 Å². The van der Waals surface area contributed by atoms with Gasteiger partial charge in [0.05, 0.1) is 13.7 Å². The summed E-state index contributed by atoms with van der Waals surface area (Å²) in [5.74, 6) is 1.87. The van der Waals surface area contributed by atoms with Gasteiger partial charge in [-0.05, 0) is 48.7 Å². The molecule has 5 heteroatoms. The van der Waals surface area contributed by atoms with Crippen LogP contribution in [0, 0.1) is 6.92 Å². The van der Waals surface area contributed by atoms with Crippen LogP contribution in [-0.4, -0.2) is 17.3 Å². The Morgan fingerprint density at radius 1 is 1.08 bits per heavy atom. The van der Waals surface area contributed by atoms with E-state index in [2.05, 4.69) is 47.6 Å². The number of aryl methyl sites for hydroxylation is 2. The normalized spacial score (nSPS) is 10.6. The number of hydrogen-bond acceptors (Lipinski definition) is 5. The molecule has 124 valence electrons. The maximum Gasteiger partial charge on any atom is 0.247 e. The van der Waals surface area contributed by atoms with Crippen molar-refractivity contribution in [3.05, 3.63) is 59.5 Å². The molecule has 1 heterocycles. The van der Waals surface area contributed by atoms with Crippen molar-refractivity contribution < 1.29 is 9.15 Å². The Morgan fingerprint density at radius 2 is 1.88 bits per heavy atom. The van der Waals surface area contributed by atoms with E-state index in [9.17, 15) is 0 Å². The SMILES string of the molecule is CCc1cccc(C)c1NCc1nnc(-c2ccc(OC)cc2)o1. The van der Waals surface area contributed by atoms with Crippen molar-refractivity contribution in [1.82, 2.24) is 10.2 Å². The topological polar surface area (TPSA) is 60.2 Å². The molecule has 5 nitrogen and oxygen atoms in total. The lowest BCUT2D eigenvalue weighted by Gasteiger charge is -2.12. The average molecular weight is 323 g/mol. The Hall–Kier alpha value is -2.82. The summed E-state index contributed by atoms with van der Waals surface area (Å²) in [6.45, 7) is 4.74. The number of nitrogens with one attached hydrogen (secondary N) is 1. The molecule has 0 aliphatic carbocycles. The molecular formula is C19H21N3O2. The molecule has 0 amide bonds. The summed E-state index contributed by atoms with van der Waals surface area (Å²) in [7, 11) is 1.64. The van der Waals surface area contributed by atoms with Crippen LogP contribution in [0.15, 0.2) is 46.9 Å². The third-order valence-electron chi connectivity index (χ3n) is 3.96. The summed E-state index contributed by atoms with van der Waals surface area (Å²) in [5, 5.41) is 11.7. The lowest BCUT2D eigenvalue weighted by Crippen LogP contribution is -2.04. The van der Waals surface area contributed by atoms with Gasteiger partial charge in [-0.1, -0.05) is 25.1 Å². The van der Waals surface area contributed by atoms with E-state index < -0.39 is 0 Å². The molecule has 2 aromatic carbocycles. The maximum atomic E-state index is 5.75. The first-order valence-corrected chi connectivity index (χ1v) is 8.00. The molecule has 0 aliphatic heterocycles. The van der Waals surface area contributed by atoms with Crippen molar-refractivity contribution in [2.24, 2.45) is 0 Å². The number of para-hydroxylation sites is 1. The van der Waals surface area contributed by atoms with Gasteiger partial charge in [0.25, 0.3) is 0 Å². The molecule has 0 saturated heterocycles. The van der Waals surface area contributed by atoms with Gasteiger partial charge >= 0.3 is 0 Å². The average Bonchev–Trinajstić information content (AvgIpc) is 3.09. The van der Waals surface area contributed by atoms with Gasteiger partial charge in [0.2, 0.25) is 11.8 Å². The fraction of sp³-hybridized carbons (Fsp3) is 0.263. The van der Waals surface area contributed by atoms with Crippen LogP contribution >= 0.6 is 0 Å². The molecule has 24 heavy (non-hydrogen) atoms. The van der Waals surface area contributed by atoms with Crippen LogP contribution in [0.1, 0.15) is 23.9 Å². The molecule has 0 aliphatic rings. The largest absolute Gasteiger partial charge is 0.497 e. The van der Waals surface area contributed by atoms with Gasteiger partial charge < -0.3 is 14.5 Å². The van der Waals surface area contributed by atoms with E-state index in [-0.39, 0.29) is 0 Å². The first-order valence-electron chi connectivity index (χ1n) is 8.00. The Bertz CT molecular complexity index is 810. The highest BCUT2D eigenvalue weighted by atomic mass is 16.5. The highest BCUT2D eigenvalue weighted by molar-refractivity contribution is 5.57. The Balaban J connectivity index is 1.72. The van der Waals surface area contributed by atoms with E-state index in [1.807, 2.05) is 24.3 Å². The van der Waals surface area contributed by atoms with Crippen molar-refractivity contribution in [1.29, 1.82) is 0 Å². The zero-order valence-electron chi connectivity index (χ0n) is 14.2. The second kappa shape index (κ2) is 7.17. The molecule has 0 unspecified atom stereocenters. The van der Waals surface area contributed by atoms with Gasteiger partial charge in [-0.2, -0.15) is 0 Å². The molecule has 0 fully saturated rings. The number of rotatable bonds is 6. The molecule has 0 radical (unpaired) electrons. The van der Waals surface area contributed by atoms with Crippen molar-refractivity contribution in [2.75, 3.05) is 12.4 Å². The number of anilines is 1. The second-order valence-electron chi connectivity index (χ2n) is 5.55. The number of aromatic nitrogens is 2. The minimum atomic E-state index is 0.501. The fourth-order valence-electron chi connectivity index (χ4n) is 2.62. The van der Waals surface area contributed by atoms with E-state index >= 15 is 0 Å². The summed E-state index contributed by atoms with van der Waals surface area (Å²) >= 11 is 0. The Kier molecular flexibility index (Phi) is 4.79. The van der Waals surface area contributed by atoms with Crippen molar-refractivity contribution in [3.63, 3.8) is 0 Å². The number of hydrogen-bond donors (Lipinski definition) is 1. The lowest BCUT2D eigenvalue weighted by atomic mass is 10.1. The first kappa shape index (κ1) is 16.1. The summed E-state index contributed by atoms with van der Waals surface area (Å²) in [6, 6.07) is 13.9. The third kappa shape index (κ3) is 3.40. The summed E-state index contributed by atoms with van der Waals surface area (Å²) in [6.07, 6.45) is 0.977. The van der Waals surface area contributed by atoms with Crippen LogP contribution in [0.25, 0.3) is 11.5 Å². The van der Waals surface area contributed by atoms with Gasteiger partial charge in [-0.25, -0.2) is 0 Å². The van der Waals surface area contributed by atoms with Crippen molar-refractivity contribution in [3.8, 4) is 17.2 Å². The van der Waals surface area contributed by atoms with E-state index in [4.69, 9.17) is 9.15 Å². The number of methoxy groups -OCH3 is 1. The fourth-order valence-corrected chi connectivity index (χ4v) is 2.62. The predicted octanol–water partition coefficient (Wildman–Crippen LogP) is 4.23. The molecule has 0 saturated carbocycles. The third-order valence-corrected chi connectivity index (χ3v) is 3.96. The highest BCUT2D eigenvalue weighted by Crippen LogP contribution is 2.23. The standard InChI is InChI=1S/C19H21N3O2/c1-4-14-7-5-6-13(2)18(14)20-12-17-21-22-19(24-17)15-8-10-16(23-3)11-9-15/h5-11,20H,4,12H2,1-3H3. The molecule has 3 rings (SSSR count). The van der Waals surface area contributed by atoms with Gasteiger partial charge in [0, 0.05) is 11.3 Å². The van der Waals surface area contributed by atoms with Crippen molar-refractivity contribution >= 4 is 5.69 Å². The Labute approximate surface area is 141 Å². The minimum Gasteiger partial charge on any atom is -0.497 e. The number of nitrogens with zero attached hydrogens (tertiary/aromatic N) is 2. The molecule has 1 aromatic heterocycles. The molecule has 3 aromatic rings. The van der Waals surface area contributed by atoms with Crippen LogP contribution in [0.5, 0.6) is 5.75 Å². The van der Waals surface area contributed by atoms with E-state index in [0.29, 0.717) is 18.3 Å². The second-order valence-corrected chi connectivity index (χ2v) is 5.55. The summed E-state index contributed by atoms with van der Waals surface area (Å²) < 4.78 is 10.9. The lowest BCUT2D eigenvalue weighted by molar-refractivity contribution is 0.415. The molecule has 0 atom stereocenters. The quantitative estimate of drug-likeness (QED) is 0.735. The molecular weight excluding hydrogens is 302 g/mol. The zero-order chi connectivity index (χ0) is 16.9. The minimum absolute atomic E-state index is 0.501. The van der Waals surface area contributed by atoms with Crippen LogP contribution in [0.4, 0.5) is 5.69 Å². The highest BCUT2D eigenvalue weighted by Gasteiger charge is 2.10. The van der Waals surface area contributed by atoms with Crippen LogP contribution in [0.3, 0.4) is 0 Å². The zero-order valence-corrected chi connectivity index (χ0v) is 14.2. The summed E-state index contributed by atoms with van der Waals surface area (Å²) in [4.78, 5) is 0. The first-order chi connectivity index (χ1) is 11.7. The van der Waals surface area contributed by atoms with Crippen LogP contribution < -0.4 is 10.1 Å². The van der Waals surface area contributed by atoms with Crippen molar-refractivity contribution in [2.45, 2.75) is 26.8 Å². The molecule has 0 bridgehead atoms. The smallest absolute Gasteiger partial charge is 0.247 e.